The van der Waals surface area contributed by atoms with Crippen molar-refractivity contribution in [1.29, 1.82) is 0 Å². The SMILES string of the molecule is CC1CCCC(CNC(=O)c2cc(F)c(N)c(F)c2)C1. The van der Waals surface area contributed by atoms with Crippen LogP contribution in [0, 0.1) is 23.5 Å². The summed E-state index contributed by atoms with van der Waals surface area (Å²) in [5.41, 5.74) is 4.59. The summed E-state index contributed by atoms with van der Waals surface area (Å²) >= 11 is 0. The van der Waals surface area contributed by atoms with Gasteiger partial charge in [0.05, 0.1) is 0 Å². The number of hydrogen-bond donors (Lipinski definition) is 2. The summed E-state index contributed by atoms with van der Waals surface area (Å²) < 4.78 is 26.6. The first-order valence-electron chi connectivity index (χ1n) is 7.00. The van der Waals surface area contributed by atoms with E-state index in [0.29, 0.717) is 18.4 Å². The number of carbonyl (C=O) groups is 1. The predicted molar refractivity (Wildman–Crippen MR) is 74.2 cm³/mol. The Morgan fingerprint density at radius 1 is 1.35 bits per heavy atom. The first-order chi connectivity index (χ1) is 9.47. The first kappa shape index (κ1) is 14.8. The van der Waals surface area contributed by atoms with Gasteiger partial charge < -0.3 is 11.1 Å². The number of nitrogens with one attached hydrogen (secondary N) is 1. The lowest BCUT2D eigenvalue weighted by Crippen LogP contribution is -2.31. The highest BCUT2D eigenvalue weighted by Crippen LogP contribution is 2.28. The summed E-state index contributed by atoms with van der Waals surface area (Å²) in [6.45, 7) is 2.76. The highest BCUT2D eigenvalue weighted by molar-refractivity contribution is 5.94. The van der Waals surface area contributed by atoms with E-state index in [0.717, 1.165) is 25.0 Å². The molecule has 0 aliphatic heterocycles. The van der Waals surface area contributed by atoms with Crippen LogP contribution < -0.4 is 11.1 Å². The molecule has 5 heteroatoms. The van der Waals surface area contributed by atoms with Crippen LogP contribution in [0.3, 0.4) is 0 Å². The third-order valence-electron chi connectivity index (χ3n) is 3.94. The second-order valence-corrected chi connectivity index (χ2v) is 5.70. The van der Waals surface area contributed by atoms with E-state index in [-0.39, 0.29) is 5.56 Å². The predicted octanol–water partition coefficient (Wildman–Crippen LogP) is 3.10. The van der Waals surface area contributed by atoms with Crippen LogP contribution in [0.15, 0.2) is 12.1 Å². The standard InChI is InChI=1S/C15H20F2N2O/c1-9-3-2-4-10(5-9)8-19-15(20)11-6-12(16)14(18)13(17)7-11/h6-7,9-10H,2-5,8,18H2,1H3,(H,19,20). The van der Waals surface area contributed by atoms with Crippen molar-refractivity contribution in [2.75, 3.05) is 12.3 Å². The smallest absolute Gasteiger partial charge is 0.251 e. The number of carbonyl (C=O) groups excluding carboxylic acids is 1. The van der Waals surface area contributed by atoms with Crippen molar-refractivity contribution in [2.24, 2.45) is 11.8 Å². The van der Waals surface area contributed by atoms with Gasteiger partial charge in [-0.3, -0.25) is 4.79 Å². The molecular weight excluding hydrogens is 262 g/mol. The van der Waals surface area contributed by atoms with Gasteiger partial charge in [0.1, 0.15) is 17.3 Å². The van der Waals surface area contributed by atoms with Gasteiger partial charge in [-0.05, 0) is 36.8 Å². The van der Waals surface area contributed by atoms with Crippen LogP contribution in [0.4, 0.5) is 14.5 Å². The molecule has 2 atom stereocenters. The van der Waals surface area contributed by atoms with Crippen molar-refractivity contribution in [2.45, 2.75) is 32.6 Å². The van der Waals surface area contributed by atoms with E-state index in [9.17, 15) is 13.6 Å². The fraction of sp³-hybridized carbons (Fsp3) is 0.533. The largest absolute Gasteiger partial charge is 0.394 e. The van der Waals surface area contributed by atoms with E-state index in [4.69, 9.17) is 5.73 Å². The summed E-state index contributed by atoms with van der Waals surface area (Å²) in [4.78, 5) is 11.9. The van der Waals surface area contributed by atoms with Gasteiger partial charge in [0, 0.05) is 12.1 Å². The van der Waals surface area contributed by atoms with E-state index >= 15 is 0 Å². The zero-order valence-electron chi connectivity index (χ0n) is 11.6. The monoisotopic (exact) mass is 282 g/mol. The molecule has 1 saturated carbocycles. The van der Waals surface area contributed by atoms with Crippen molar-refractivity contribution in [3.8, 4) is 0 Å². The molecular formula is C15H20F2N2O. The molecule has 1 aliphatic carbocycles. The molecule has 1 fully saturated rings. The summed E-state index contributed by atoms with van der Waals surface area (Å²) in [5, 5.41) is 2.75. The van der Waals surface area contributed by atoms with Gasteiger partial charge in [0.2, 0.25) is 0 Å². The number of halogens is 2. The van der Waals surface area contributed by atoms with Crippen molar-refractivity contribution in [3.05, 3.63) is 29.3 Å². The highest BCUT2D eigenvalue weighted by atomic mass is 19.1. The average molecular weight is 282 g/mol. The number of hydrogen-bond acceptors (Lipinski definition) is 2. The third-order valence-corrected chi connectivity index (χ3v) is 3.94. The minimum absolute atomic E-state index is 0.0296. The van der Waals surface area contributed by atoms with Gasteiger partial charge in [-0.2, -0.15) is 0 Å². The topological polar surface area (TPSA) is 55.1 Å². The van der Waals surface area contributed by atoms with Gasteiger partial charge in [-0.25, -0.2) is 8.78 Å². The maximum Gasteiger partial charge on any atom is 0.251 e. The molecule has 110 valence electrons. The summed E-state index contributed by atoms with van der Waals surface area (Å²) in [6, 6.07) is 1.94. The van der Waals surface area contributed by atoms with Gasteiger partial charge in [-0.1, -0.05) is 19.8 Å². The van der Waals surface area contributed by atoms with Crippen LogP contribution in [0.25, 0.3) is 0 Å². The molecule has 0 spiro atoms. The third kappa shape index (κ3) is 3.46. The van der Waals surface area contributed by atoms with Gasteiger partial charge >= 0.3 is 0 Å². The van der Waals surface area contributed by atoms with Crippen LogP contribution in [-0.4, -0.2) is 12.5 Å². The average Bonchev–Trinajstić information content (AvgIpc) is 2.41. The molecule has 1 aromatic carbocycles. The Kier molecular flexibility index (Phi) is 4.57. The van der Waals surface area contributed by atoms with Crippen LogP contribution in [-0.2, 0) is 0 Å². The van der Waals surface area contributed by atoms with Crippen molar-refractivity contribution < 1.29 is 13.6 Å². The molecule has 1 aromatic rings. The van der Waals surface area contributed by atoms with Crippen LogP contribution in [0.1, 0.15) is 43.0 Å². The first-order valence-corrected chi connectivity index (χ1v) is 7.00. The number of nitrogens with two attached hydrogens (primary N) is 1. The zero-order valence-corrected chi connectivity index (χ0v) is 11.6. The maximum atomic E-state index is 13.3. The Morgan fingerprint density at radius 3 is 2.60 bits per heavy atom. The quantitative estimate of drug-likeness (QED) is 0.837. The van der Waals surface area contributed by atoms with Gasteiger partial charge in [0.25, 0.3) is 5.91 Å². The number of rotatable bonds is 3. The molecule has 2 rings (SSSR count). The molecule has 1 amide bonds. The summed E-state index contributed by atoms with van der Waals surface area (Å²) in [6.07, 6.45) is 4.59. The molecule has 0 heterocycles. The molecule has 0 saturated heterocycles. The minimum Gasteiger partial charge on any atom is -0.394 e. The van der Waals surface area contributed by atoms with Crippen molar-refractivity contribution >= 4 is 11.6 Å². The molecule has 0 radical (unpaired) electrons. The van der Waals surface area contributed by atoms with E-state index in [1.807, 2.05) is 0 Å². The van der Waals surface area contributed by atoms with Crippen molar-refractivity contribution in [1.82, 2.24) is 5.32 Å². The molecule has 20 heavy (non-hydrogen) atoms. The molecule has 3 N–H and O–H groups in total. The van der Waals surface area contributed by atoms with Crippen LogP contribution in [0.2, 0.25) is 0 Å². The number of benzene rings is 1. The molecule has 0 bridgehead atoms. The number of amides is 1. The molecule has 2 unspecified atom stereocenters. The van der Waals surface area contributed by atoms with Crippen LogP contribution in [0.5, 0.6) is 0 Å². The van der Waals surface area contributed by atoms with E-state index in [2.05, 4.69) is 12.2 Å². The lowest BCUT2D eigenvalue weighted by atomic mass is 9.82. The molecule has 3 nitrogen and oxygen atoms in total. The van der Waals surface area contributed by atoms with E-state index in [1.54, 1.807) is 0 Å². The normalized spacial score (nSPS) is 22.6. The Balaban J connectivity index is 1.95. The lowest BCUT2D eigenvalue weighted by Gasteiger charge is -2.26. The fourth-order valence-corrected chi connectivity index (χ4v) is 2.80. The minimum atomic E-state index is -0.901. The molecule has 1 aliphatic rings. The summed E-state index contributed by atoms with van der Waals surface area (Å²) in [7, 11) is 0. The number of nitrogen functional groups attached to an aromatic ring is 1. The van der Waals surface area contributed by atoms with Gasteiger partial charge in [0.15, 0.2) is 0 Å². The van der Waals surface area contributed by atoms with Crippen molar-refractivity contribution in [3.63, 3.8) is 0 Å². The second-order valence-electron chi connectivity index (χ2n) is 5.70. The second kappa shape index (κ2) is 6.20. The molecule has 0 aromatic heterocycles. The Labute approximate surface area is 117 Å². The zero-order chi connectivity index (χ0) is 14.7. The van der Waals surface area contributed by atoms with Gasteiger partial charge in [-0.15, -0.1) is 0 Å². The van der Waals surface area contributed by atoms with E-state index < -0.39 is 23.2 Å². The Hall–Kier alpha value is -1.65. The summed E-state index contributed by atoms with van der Waals surface area (Å²) in [5.74, 6) is -1.13. The Morgan fingerprint density at radius 2 is 2.00 bits per heavy atom. The lowest BCUT2D eigenvalue weighted by molar-refractivity contribution is 0.0940. The fourth-order valence-electron chi connectivity index (χ4n) is 2.80. The maximum absolute atomic E-state index is 13.3. The van der Waals surface area contributed by atoms with Crippen LogP contribution >= 0.6 is 0 Å². The highest BCUT2D eigenvalue weighted by Gasteiger charge is 2.20. The number of anilines is 1. The van der Waals surface area contributed by atoms with E-state index in [1.165, 1.54) is 12.8 Å². The Bertz CT molecular complexity index is 482.